The molecule has 0 aliphatic heterocycles. The molecule has 1 N–H and O–H groups in total. The van der Waals surface area contributed by atoms with Crippen LogP contribution in [0.15, 0.2) is 12.4 Å². The van der Waals surface area contributed by atoms with Gasteiger partial charge in [0, 0.05) is 24.9 Å². The van der Waals surface area contributed by atoms with Gasteiger partial charge in [0.15, 0.2) is 0 Å². The Morgan fingerprint density at radius 2 is 2.08 bits per heavy atom. The van der Waals surface area contributed by atoms with Crippen molar-refractivity contribution in [1.29, 1.82) is 0 Å². The smallest absolute Gasteiger partial charge is 0.129 e. The molecule has 1 aromatic heterocycles. The van der Waals surface area contributed by atoms with Crippen LogP contribution in [0.3, 0.4) is 0 Å². The Labute approximate surface area is 83.5 Å². The predicted octanol–water partition coefficient (Wildman–Crippen LogP) is 1.67. The van der Waals surface area contributed by atoms with Gasteiger partial charge in [-0.2, -0.15) is 0 Å². The Bertz CT molecular complexity index is 244. The molecular formula is C9H14ClN3. The summed E-state index contributed by atoms with van der Waals surface area (Å²) in [5.74, 6) is 0.839. The van der Waals surface area contributed by atoms with Gasteiger partial charge < -0.3 is 5.32 Å². The van der Waals surface area contributed by atoms with E-state index in [1.807, 2.05) is 7.05 Å². The van der Waals surface area contributed by atoms with Crippen molar-refractivity contribution in [2.24, 2.45) is 0 Å². The van der Waals surface area contributed by atoms with Crippen LogP contribution in [0.2, 0.25) is 5.02 Å². The van der Waals surface area contributed by atoms with Crippen molar-refractivity contribution in [2.75, 3.05) is 7.05 Å². The first-order valence-corrected chi connectivity index (χ1v) is 4.77. The standard InChI is InChI=1S/C9H14ClN3/c1-3-8(11-2)4-9-12-5-7(10)6-13-9/h5-6,8,11H,3-4H2,1-2H3. The fraction of sp³-hybridized carbons (Fsp3) is 0.556. The second-order valence-corrected chi connectivity index (χ2v) is 3.35. The fourth-order valence-electron chi connectivity index (χ4n) is 1.12. The number of rotatable bonds is 4. The SMILES string of the molecule is CCC(Cc1ncc(Cl)cn1)NC. The summed E-state index contributed by atoms with van der Waals surface area (Å²) < 4.78 is 0. The number of likely N-dealkylation sites (N-methyl/N-ethyl adjacent to an activating group) is 1. The molecule has 1 unspecified atom stereocenters. The largest absolute Gasteiger partial charge is 0.317 e. The average Bonchev–Trinajstić information content (AvgIpc) is 2.17. The first-order valence-electron chi connectivity index (χ1n) is 4.40. The summed E-state index contributed by atoms with van der Waals surface area (Å²) in [5.41, 5.74) is 0. The molecule has 1 rings (SSSR count). The minimum atomic E-state index is 0.446. The maximum absolute atomic E-state index is 5.68. The summed E-state index contributed by atoms with van der Waals surface area (Å²) in [5, 5.41) is 3.79. The zero-order valence-corrected chi connectivity index (χ0v) is 8.67. The molecule has 3 nitrogen and oxygen atoms in total. The summed E-state index contributed by atoms with van der Waals surface area (Å²) in [6, 6.07) is 0.446. The number of aromatic nitrogens is 2. The van der Waals surface area contributed by atoms with Crippen LogP contribution in [-0.2, 0) is 6.42 Å². The van der Waals surface area contributed by atoms with E-state index in [9.17, 15) is 0 Å². The zero-order chi connectivity index (χ0) is 9.68. The number of hydrogen-bond acceptors (Lipinski definition) is 3. The third-order valence-corrected chi connectivity index (χ3v) is 2.20. The van der Waals surface area contributed by atoms with Gasteiger partial charge in [0.2, 0.25) is 0 Å². The number of hydrogen-bond donors (Lipinski definition) is 1. The Balaban J connectivity index is 2.58. The Hall–Kier alpha value is -0.670. The molecule has 1 aromatic rings. The van der Waals surface area contributed by atoms with Crippen LogP contribution in [0.4, 0.5) is 0 Å². The minimum absolute atomic E-state index is 0.446. The Morgan fingerprint density at radius 3 is 2.54 bits per heavy atom. The molecule has 0 fully saturated rings. The molecule has 0 aliphatic carbocycles. The van der Waals surface area contributed by atoms with Gasteiger partial charge in [-0.1, -0.05) is 18.5 Å². The molecule has 0 saturated carbocycles. The zero-order valence-electron chi connectivity index (χ0n) is 7.92. The second-order valence-electron chi connectivity index (χ2n) is 2.92. The average molecular weight is 200 g/mol. The lowest BCUT2D eigenvalue weighted by Crippen LogP contribution is -2.27. The summed E-state index contributed by atoms with van der Waals surface area (Å²) in [7, 11) is 1.95. The van der Waals surface area contributed by atoms with E-state index >= 15 is 0 Å². The van der Waals surface area contributed by atoms with E-state index in [0.717, 1.165) is 18.7 Å². The van der Waals surface area contributed by atoms with E-state index in [2.05, 4.69) is 22.2 Å². The highest BCUT2D eigenvalue weighted by Gasteiger charge is 2.05. The molecular weight excluding hydrogens is 186 g/mol. The van der Waals surface area contributed by atoms with E-state index in [1.54, 1.807) is 12.4 Å². The van der Waals surface area contributed by atoms with Gasteiger partial charge in [0.05, 0.1) is 5.02 Å². The van der Waals surface area contributed by atoms with Crippen LogP contribution in [0.1, 0.15) is 19.2 Å². The molecule has 0 aromatic carbocycles. The molecule has 0 bridgehead atoms. The Kier molecular flexibility index (Phi) is 4.12. The van der Waals surface area contributed by atoms with Crippen LogP contribution in [0, 0.1) is 0 Å². The molecule has 1 atom stereocenters. The molecule has 0 saturated heterocycles. The van der Waals surface area contributed by atoms with Crippen molar-refractivity contribution >= 4 is 11.6 Å². The monoisotopic (exact) mass is 199 g/mol. The van der Waals surface area contributed by atoms with E-state index in [-0.39, 0.29) is 0 Å². The molecule has 0 aliphatic rings. The first-order chi connectivity index (χ1) is 6.26. The van der Waals surface area contributed by atoms with Crippen molar-refractivity contribution in [2.45, 2.75) is 25.8 Å². The quantitative estimate of drug-likeness (QED) is 0.802. The fourth-order valence-corrected chi connectivity index (χ4v) is 1.21. The normalized spacial score (nSPS) is 12.8. The lowest BCUT2D eigenvalue weighted by Gasteiger charge is -2.11. The van der Waals surface area contributed by atoms with Gasteiger partial charge in [-0.3, -0.25) is 0 Å². The summed E-state index contributed by atoms with van der Waals surface area (Å²) in [4.78, 5) is 8.26. The van der Waals surface area contributed by atoms with Gasteiger partial charge in [-0.25, -0.2) is 9.97 Å². The number of halogens is 1. The maximum atomic E-state index is 5.68. The molecule has 13 heavy (non-hydrogen) atoms. The highest BCUT2D eigenvalue weighted by molar-refractivity contribution is 6.30. The number of nitrogens with one attached hydrogen (secondary N) is 1. The minimum Gasteiger partial charge on any atom is -0.317 e. The van der Waals surface area contributed by atoms with E-state index in [4.69, 9.17) is 11.6 Å². The molecule has 0 amide bonds. The van der Waals surface area contributed by atoms with E-state index < -0.39 is 0 Å². The van der Waals surface area contributed by atoms with Crippen LogP contribution in [0.5, 0.6) is 0 Å². The molecule has 4 heteroatoms. The van der Waals surface area contributed by atoms with Gasteiger partial charge in [0.25, 0.3) is 0 Å². The molecule has 1 heterocycles. The summed E-state index contributed by atoms with van der Waals surface area (Å²) in [6.45, 7) is 2.14. The van der Waals surface area contributed by atoms with Gasteiger partial charge in [-0.15, -0.1) is 0 Å². The van der Waals surface area contributed by atoms with Gasteiger partial charge >= 0.3 is 0 Å². The molecule has 0 spiro atoms. The highest BCUT2D eigenvalue weighted by atomic mass is 35.5. The Morgan fingerprint density at radius 1 is 1.46 bits per heavy atom. The first kappa shape index (κ1) is 10.4. The van der Waals surface area contributed by atoms with Crippen LogP contribution >= 0.6 is 11.6 Å². The van der Waals surface area contributed by atoms with E-state index in [0.29, 0.717) is 11.1 Å². The van der Waals surface area contributed by atoms with Crippen LogP contribution < -0.4 is 5.32 Å². The van der Waals surface area contributed by atoms with Crippen molar-refractivity contribution in [3.63, 3.8) is 0 Å². The van der Waals surface area contributed by atoms with Crippen LogP contribution in [-0.4, -0.2) is 23.1 Å². The molecule has 72 valence electrons. The van der Waals surface area contributed by atoms with Gasteiger partial charge in [-0.05, 0) is 13.5 Å². The van der Waals surface area contributed by atoms with Gasteiger partial charge in [0.1, 0.15) is 5.82 Å². The summed E-state index contributed by atoms with van der Waals surface area (Å²) >= 11 is 5.68. The number of nitrogens with zero attached hydrogens (tertiary/aromatic N) is 2. The van der Waals surface area contributed by atoms with Crippen molar-refractivity contribution < 1.29 is 0 Å². The topological polar surface area (TPSA) is 37.8 Å². The second kappa shape index (κ2) is 5.14. The lowest BCUT2D eigenvalue weighted by atomic mass is 10.1. The van der Waals surface area contributed by atoms with Crippen LogP contribution in [0.25, 0.3) is 0 Å². The molecule has 0 radical (unpaired) electrons. The predicted molar refractivity (Wildman–Crippen MR) is 53.9 cm³/mol. The maximum Gasteiger partial charge on any atom is 0.129 e. The van der Waals surface area contributed by atoms with E-state index in [1.165, 1.54) is 0 Å². The third kappa shape index (κ3) is 3.28. The van der Waals surface area contributed by atoms with Crippen molar-refractivity contribution in [3.05, 3.63) is 23.2 Å². The summed E-state index contributed by atoms with van der Waals surface area (Å²) in [6.07, 6.45) is 5.19. The van der Waals surface area contributed by atoms with Crippen molar-refractivity contribution in [3.8, 4) is 0 Å². The highest BCUT2D eigenvalue weighted by Crippen LogP contribution is 2.05. The lowest BCUT2D eigenvalue weighted by molar-refractivity contribution is 0.530. The van der Waals surface area contributed by atoms with Crippen molar-refractivity contribution in [1.82, 2.24) is 15.3 Å². The third-order valence-electron chi connectivity index (χ3n) is 2.00.